The molecule has 0 unspecified atom stereocenters. The summed E-state index contributed by atoms with van der Waals surface area (Å²) in [6, 6.07) is 19.3. The summed E-state index contributed by atoms with van der Waals surface area (Å²) in [7, 11) is -3.59. The van der Waals surface area contributed by atoms with Gasteiger partial charge in [-0.15, -0.1) is 5.10 Å². The number of nitrogens with zero attached hydrogens (tertiary/aromatic N) is 4. The van der Waals surface area contributed by atoms with E-state index in [1.165, 1.54) is 0 Å². The van der Waals surface area contributed by atoms with E-state index >= 15 is 0 Å². The van der Waals surface area contributed by atoms with Crippen LogP contribution in [0.2, 0.25) is 0 Å². The van der Waals surface area contributed by atoms with Crippen LogP contribution in [0.3, 0.4) is 0 Å². The summed E-state index contributed by atoms with van der Waals surface area (Å²) in [6.07, 6.45) is 1.74. The van der Waals surface area contributed by atoms with Crippen molar-refractivity contribution < 1.29 is 13.2 Å². The molecule has 2 aromatic carbocycles. The average Bonchev–Trinajstić information content (AvgIpc) is 3.28. The van der Waals surface area contributed by atoms with Gasteiger partial charge in [0.2, 0.25) is 16.0 Å². The predicted octanol–water partition coefficient (Wildman–Crippen LogP) is 4.52. The lowest BCUT2D eigenvalue weighted by Gasteiger charge is -2.28. The molecule has 10 heteroatoms. The fourth-order valence-corrected chi connectivity index (χ4v) is 4.74. The van der Waals surface area contributed by atoms with Gasteiger partial charge in [0.15, 0.2) is 0 Å². The van der Waals surface area contributed by atoms with Crippen LogP contribution in [-0.4, -0.2) is 54.1 Å². The van der Waals surface area contributed by atoms with E-state index < -0.39 is 14.8 Å². The predicted molar refractivity (Wildman–Crippen MR) is 143 cm³/mol. The summed E-state index contributed by atoms with van der Waals surface area (Å²) in [5.41, 5.74) is 4.81. The van der Waals surface area contributed by atoms with Crippen molar-refractivity contribution in [1.29, 1.82) is 0 Å². The van der Waals surface area contributed by atoms with Crippen LogP contribution >= 0.6 is 0 Å². The molecule has 2 N–H and O–H groups in total. The normalized spacial score (nSPS) is 14.7. The number of nitrogens with one attached hydrogen (secondary N) is 2. The summed E-state index contributed by atoms with van der Waals surface area (Å²) in [4.78, 5) is 6.75. The number of hydrogen-bond acceptors (Lipinski definition) is 7. The first-order chi connectivity index (χ1) is 17.2. The van der Waals surface area contributed by atoms with E-state index in [0.717, 1.165) is 54.5 Å². The highest BCUT2D eigenvalue weighted by Crippen LogP contribution is 2.31. The quantitative estimate of drug-likeness (QED) is 0.397. The summed E-state index contributed by atoms with van der Waals surface area (Å²) in [6.45, 7) is 8.27. The van der Waals surface area contributed by atoms with Crippen LogP contribution in [0.15, 0.2) is 66.9 Å². The van der Waals surface area contributed by atoms with Gasteiger partial charge in [-0.25, -0.2) is 17.9 Å². The van der Waals surface area contributed by atoms with E-state index in [-0.39, 0.29) is 0 Å². The van der Waals surface area contributed by atoms with Gasteiger partial charge in [0.05, 0.1) is 41.1 Å². The van der Waals surface area contributed by atoms with E-state index in [4.69, 9.17) is 9.84 Å². The van der Waals surface area contributed by atoms with Gasteiger partial charge in [0.25, 0.3) is 0 Å². The lowest BCUT2D eigenvalue weighted by atomic mass is 10.1. The second-order valence-corrected chi connectivity index (χ2v) is 12.1. The largest absolute Gasteiger partial charge is 0.378 e. The molecule has 1 aliphatic heterocycles. The molecule has 3 heterocycles. The number of fused-ring (bicyclic) bond motifs is 1. The molecule has 36 heavy (non-hydrogen) atoms. The second kappa shape index (κ2) is 9.44. The van der Waals surface area contributed by atoms with Crippen molar-refractivity contribution in [2.45, 2.75) is 25.5 Å². The van der Waals surface area contributed by atoms with Gasteiger partial charge < -0.3 is 15.0 Å². The van der Waals surface area contributed by atoms with Crippen molar-refractivity contribution in [3.8, 4) is 11.3 Å². The molecule has 2 aromatic heterocycles. The van der Waals surface area contributed by atoms with Crippen molar-refractivity contribution in [3.63, 3.8) is 0 Å². The van der Waals surface area contributed by atoms with E-state index in [1.54, 1.807) is 37.5 Å². The minimum Gasteiger partial charge on any atom is -0.378 e. The highest BCUT2D eigenvalue weighted by molar-refractivity contribution is 7.94. The Morgan fingerprint density at radius 2 is 1.67 bits per heavy atom. The third kappa shape index (κ3) is 4.87. The maximum absolute atomic E-state index is 12.8. The molecule has 5 rings (SSSR count). The van der Waals surface area contributed by atoms with Gasteiger partial charge in [-0.3, -0.25) is 4.72 Å². The molecule has 1 aliphatic rings. The Balaban J connectivity index is 1.43. The zero-order chi connectivity index (χ0) is 25.3. The highest BCUT2D eigenvalue weighted by Gasteiger charge is 2.29. The molecular weight excluding hydrogens is 476 g/mol. The minimum absolute atomic E-state index is 0.437. The Hall–Kier alpha value is -3.63. The van der Waals surface area contributed by atoms with Crippen LogP contribution in [0.1, 0.15) is 20.8 Å². The number of para-hydroxylation sites is 1. The average molecular weight is 507 g/mol. The number of ether oxygens (including phenoxy) is 1. The van der Waals surface area contributed by atoms with Crippen LogP contribution in [0.5, 0.6) is 0 Å². The zero-order valence-electron chi connectivity index (χ0n) is 20.6. The smallest absolute Gasteiger partial charge is 0.245 e. The molecule has 0 radical (unpaired) electrons. The minimum atomic E-state index is -3.59. The molecule has 4 aromatic rings. The summed E-state index contributed by atoms with van der Waals surface area (Å²) < 4.78 is 34.7. The third-order valence-electron chi connectivity index (χ3n) is 6.15. The maximum Gasteiger partial charge on any atom is 0.245 e. The lowest BCUT2D eigenvalue weighted by molar-refractivity contribution is 0.122. The van der Waals surface area contributed by atoms with Gasteiger partial charge in [0, 0.05) is 30.0 Å². The molecule has 0 amide bonds. The molecule has 1 saturated heterocycles. The first-order valence-electron chi connectivity index (χ1n) is 11.9. The van der Waals surface area contributed by atoms with E-state index in [0.29, 0.717) is 11.6 Å². The van der Waals surface area contributed by atoms with Gasteiger partial charge in [-0.1, -0.05) is 18.2 Å². The van der Waals surface area contributed by atoms with Crippen molar-refractivity contribution in [1.82, 2.24) is 14.6 Å². The third-order valence-corrected chi connectivity index (χ3v) is 8.25. The molecule has 1 fully saturated rings. The number of anilines is 4. The van der Waals surface area contributed by atoms with Gasteiger partial charge in [0.1, 0.15) is 0 Å². The molecular formula is C26H30N6O3S. The molecule has 9 nitrogen and oxygen atoms in total. The molecule has 0 atom stereocenters. The number of rotatable bonds is 6. The van der Waals surface area contributed by atoms with Crippen LogP contribution in [0.25, 0.3) is 16.8 Å². The Labute approximate surface area is 211 Å². The maximum atomic E-state index is 12.8. The first-order valence-corrected chi connectivity index (χ1v) is 13.4. The van der Waals surface area contributed by atoms with Crippen molar-refractivity contribution >= 4 is 38.6 Å². The number of morpholine rings is 1. The number of benzene rings is 2. The summed E-state index contributed by atoms with van der Waals surface area (Å²) in [5, 5.41) is 7.97. The second-order valence-electron chi connectivity index (χ2n) is 9.67. The molecule has 0 saturated carbocycles. The van der Waals surface area contributed by atoms with Crippen molar-refractivity contribution in [2.75, 3.05) is 41.2 Å². The van der Waals surface area contributed by atoms with Gasteiger partial charge in [-0.2, -0.15) is 0 Å². The lowest BCUT2D eigenvalue weighted by Crippen LogP contribution is -2.36. The Kier molecular flexibility index (Phi) is 6.31. The van der Waals surface area contributed by atoms with Gasteiger partial charge >= 0.3 is 0 Å². The van der Waals surface area contributed by atoms with Crippen molar-refractivity contribution in [3.05, 3.63) is 66.9 Å². The van der Waals surface area contributed by atoms with Crippen LogP contribution in [0, 0.1) is 0 Å². The Morgan fingerprint density at radius 3 is 2.39 bits per heavy atom. The zero-order valence-corrected chi connectivity index (χ0v) is 21.4. The van der Waals surface area contributed by atoms with Crippen LogP contribution in [0.4, 0.5) is 23.0 Å². The standard InChI is InChI=1S/C26H30N6O3S/c1-26(2,3)36(33,34)30-23-7-5-4-6-22(23)24-13-12-21-18-27-25(29-32(21)24)28-19-8-10-20(11-9-19)31-14-16-35-17-15-31/h4-13,18,30H,14-17H2,1-3H3,(H,28,29). The molecule has 0 aliphatic carbocycles. The Bertz CT molecular complexity index is 1470. The molecule has 188 valence electrons. The van der Waals surface area contributed by atoms with E-state index in [9.17, 15) is 8.42 Å². The van der Waals surface area contributed by atoms with E-state index in [2.05, 4.69) is 32.1 Å². The molecule has 0 bridgehead atoms. The van der Waals surface area contributed by atoms with Gasteiger partial charge in [-0.05, 0) is 63.2 Å². The highest BCUT2D eigenvalue weighted by atomic mass is 32.2. The number of aromatic nitrogens is 3. The fraction of sp³-hybridized carbons (Fsp3) is 0.308. The van der Waals surface area contributed by atoms with Crippen LogP contribution < -0.4 is 14.9 Å². The summed E-state index contributed by atoms with van der Waals surface area (Å²) in [5.74, 6) is 0.437. The fourth-order valence-electron chi connectivity index (χ4n) is 3.96. The van der Waals surface area contributed by atoms with Crippen LogP contribution in [-0.2, 0) is 14.8 Å². The number of sulfonamides is 1. The molecule has 0 spiro atoms. The number of hydrogen-bond donors (Lipinski definition) is 2. The Morgan fingerprint density at radius 1 is 0.944 bits per heavy atom. The monoisotopic (exact) mass is 506 g/mol. The SMILES string of the molecule is CC(C)(C)S(=O)(=O)Nc1ccccc1-c1ccc2cnc(Nc3ccc(N4CCOCC4)cc3)nn12. The first kappa shape index (κ1) is 24.1. The van der Waals surface area contributed by atoms with E-state index in [1.807, 2.05) is 42.5 Å². The van der Waals surface area contributed by atoms with Crippen molar-refractivity contribution in [2.24, 2.45) is 0 Å². The topological polar surface area (TPSA) is 101 Å². The summed E-state index contributed by atoms with van der Waals surface area (Å²) >= 11 is 0.